The van der Waals surface area contributed by atoms with Crippen molar-refractivity contribution in [2.24, 2.45) is 0 Å². The van der Waals surface area contributed by atoms with Crippen LogP contribution in [0.5, 0.6) is 0 Å². The molecule has 1 saturated carbocycles. The second-order valence-electron chi connectivity index (χ2n) is 8.37. The van der Waals surface area contributed by atoms with Crippen LogP contribution in [-0.4, -0.2) is 57.3 Å². The summed E-state index contributed by atoms with van der Waals surface area (Å²) in [6.45, 7) is 3.94. The van der Waals surface area contributed by atoms with Gasteiger partial charge in [-0.25, -0.2) is 0 Å². The number of nitrogens with one attached hydrogen (secondary N) is 1. The molecule has 0 aromatic heterocycles. The monoisotopic (exact) mass is 382 g/mol. The summed E-state index contributed by atoms with van der Waals surface area (Å²) in [5.41, 5.74) is 1.74. The molecule has 1 aliphatic carbocycles. The van der Waals surface area contributed by atoms with Gasteiger partial charge in [0.1, 0.15) is 11.4 Å². The Bertz CT molecular complexity index is 872. The minimum absolute atomic E-state index is 0.0863. The highest BCUT2D eigenvalue weighted by Gasteiger charge is 2.37. The molecule has 0 amide bonds. The molecule has 0 bridgehead atoms. The topological polar surface area (TPSA) is 55.9 Å². The molecule has 6 heteroatoms. The van der Waals surface area contributed by atoms with Crippen molar-refractivity contribution in [1.29, 1.82) is 0 Å². The first kappa shape index (κ1) is 19.0. The van der Waals surface area contributed by atoms with Crippen molar-refractivity contribution in [2.75, 3.05) is 61.9 Å². The van der Waals surface area contributed by atoms with E-state index in [-0.39, 0.29) is 16.4 Å². The molecule has 1 heterocycles. The standard InChI is InChI=1S/C22H30N4O2/c1-24(2)22(10-6-7-11-22)16-23-18-19(21(28)20(18)27)26-14-12-25(13-15-26)17-8-4-3-5-9-17/h3-5,8-9,23H,6-7,10-16H2,1-2H3. The van der Waals surface area contributed by atoms with Gasteiger partial charge in [-0.15, -0.1) is 0 Å². The Labute approximate surface area is 166 Å². The van der Waals surface area contributed by atoms with Gasteiger partial charge < -0.3 is 20.0 Å². The van der Waals surface area contributed by atoms with E-state index in [0.29, 0.717) is 11.4 Å². The van der Waals surface area contributed by atoms with Gasteiger partial charge >= 0.3 is 0 Å². The van der Waals surface area contributed by atoms with E-state index in [9.17, 15) is 9.59 Å². The van der Waals surface area contributed by atoms with Gasteiger partial charge in [-0.1, -0.05) is 31.0 Å². The van der Waals surface area contributed by atoms with E-state index in [0.717, 1.165) is 45.6 Å². The third kappa shape index (κ3) is 3.30. The number of hydrogen-bond acceptors (Lipinski definition) is 6. The average Bonchev–Trinajstić information content (AvgIpc) is 3.22. The lowest BCUT2D eigenvalue weighted by atomic mass is 9.95. The third-order valence-corrected chi connectivity index (χ3v) is 6.68. The van der Waals surface area contributed by atoms with Crippen LogP contribution in [0.4, 0.5) is 17.1 Å². The molecule has 150 valence electrons. The zero-order chi connectivity index (χ0) is 19.7. The second kappa shape index (κ2) is 7.59. The Hall–Kier alpha value is -2.34. The lowest BCUT2D eigenvalue weighted by Gasteiger charge is -2.39. The highest BCUT2D eigenvalue weighted by molar-refractivity contribution is 5.75. The van der Waals surface area contributed by atoms with E-state index >= 15 is 0 Å². The minimum atomic E-state index is -0.354. The summed E-state index contributed by atoms with van der Waals surface area (Å²) in [4.78, 5) is 31.3. The molecule has 2 aliphatic rings. The molecular weight excluding hydrogens is 352 g/mol. The Balaban J connectivity index is 1.43. The van der Waals surface area contributed by atoms with Gasteiger partial charge in [0, 0.05) is 44.0 Å². The van der Waals surface area contributed by atoms with Gasteiger partial charge in [0.25, 0.3) is 10.9 Å². The van der Waals surface area contributed by atoms with Crippen LogP contribution in [0.25, 0.3) is 0 Å². The van der Waals surface area contributed by atoms with Crippen molar-refractivity contribution in [2.45, 2.75) is 31.2 Å². The van der Waals surface area contributed by atoms with Gasteiger partial charge in [-0.05, 0) is 39.1 Å². The first-order chi connectivity index (χ1) is 13.5. The molecule has 4 rings (SSSR count). The van der Waals surface area contributed by atoms with Gasteiger partial charge in [-0.2, -0.15) is 0 Å². The molecule has 2 aromatic rings. The maximum atomic E-state index is 12.3. The first-order valence-corrected chi connectivity index (χ1v) is 10.3. The molecule has 0 radical (unpaired) electrons. The van der Waals surface area contributed by atoms with Crippen molar-refractivity contribution >= 4 is 17.1 Å². The summed E-state index contributed by atoms with van der Waals surface area (Å²) in [6.07, 6.45) is 4.71. The van der Waals surface area contributed by atoms with Crippen LogP contribution < -0.4 is 26.0 Å². The molecular formula is C22H30N4O2. The first-order valence-electron chi connectivity index (χ1n) is 10.3. The van der Waals surface area contributed by atoms with Crippen LogP contribution in [-0.2, 0) is 0 Å². The molecule has 28 heavy (non-hydrogen) atoms. The quantitative estimate of drug-likeness (QED) is 0.770. The summed E-state index contributed by atoms with van der Waals surface area (Å²) in [7, 11) is 4.22. The zero-order valence-electron chi connectivity index (χ0n) is 16.9. The van der Waals surface area contributed by atoms with Crippen molar-refractivity contribution in [1.82, 2.24) is 4.90 Å². The van der Waals surface area contributed by atoms with Gasteiger partial charge in [-0.3, -0.25) is 9.59 Å². The summed E-state index contributed by atoms with van der Waals surface area (Å²) >= 11 is 0. The molecule has 2 aromatic carbocycles. The summed E-state index contributed by atoms with van der Waals surface area (Å²) < 4.78 is 0. The molecule has 2 fully saturated rings. The largest absolute Gasteiger partial charge is 0.378 e. The molecule has 6 nitrogen and oxygen atoms in total. The molecule has 0 unspecified atom stereocenters. The molecule has 1 saturated heterocycles. The van der Waals surface area contributed by atoms with Crippen LogP contribution >= 0.6 is 0 Å². The van der Waals surface area contributed by atoms with Crippen LogP contribution in [0.15, 0.2) is 39.9 Å². The van der Waals surface area contributed by atoms with Crippen LogP contribution in [0.3, 0.4) is 0 Å². The minimum Gasteiger partial charge on any atom is -0.378 e. The summed E-state index contributed by atoms with van der Waals surface area (Å²) in [5.74, 6) is 0. The van der Waals surface area contributed by atoms with Gasteiger partial charge in [0.15, 0.2) is 0 Å². The number of likely N-dealkylation sites (N-methyl/N-ethyl adjacent to an activating group) is 1. The fraction of sp³-hybridized carbons (Fsp3) is 0.545. The number of piperazine rings is 1. The van der Waals surface area contributed by atoms with Gasteiger partial charge in [0.2, 0.25) is 0 Å². The maximum Gasteiger partial charge on any atom is 0.253 e. The fourth-order valence-corrected chi connectivity index (χ4v) is 4.74. The van der Waals surface area contributed by atoms with Crippen LogP contribution in [0.2, 0.25) is 0 Å². The van der Waals surface area contributed by atoms with Crippen LogP contribution in [0.1, 0.15) is 25.7 Å². The Morgan fingerprint density at radius 2 is 1.54 bits per heavy atom. The van der Waals surface area contributed by atoms with E-state index < -0.39 is 0 Å². The van der Waals surface area contributed by atoms with E-state index in [2.05, 4.69) is 46.2 Å². The van der Waals surface area contributed by atoms with E-state index in [4.69, 9.17) is 0 Å². The zero-order valence-corrected chi connectivity index (χ0v) is 16.9. The number of nitrogens with zero attached hydrogens (tertiary/aromatic N) is 3. The van der Waals surface area contributed by atoms with Crippen molar-refractivity contribution in [3.8, 4) is 0 Å². The predicted octanol–water partition coefficient (Wildman–Crippen LogP) is 1.90. The Morgan fingerprint density at radius 1 is 0.929 bits per heavy atom. The Morgan fingerprint density at radius 3 is 2.14 bits per heavy atom. The molecule has 0 atom stereocenters. The fourth-order valence-electron chi connectivity index (χ4n) is 4.74. The van der Waals surface area contributed by atoms with E-state index in [1.807, 2.05) is 18.2 Å². The lowest BCUT2D eigenvalue weighted by Crippen LogP contribution is -2.53. The molecule has 0 spiro atoms. The van der Waals surface area contributed by atoms with Crippen molar-refractivity contribution in [3.05, 3.63) is 50.8 Å². The van der Waals surface area contributed by atoms with Crippen LogP contribution in [0, 0.1) is 0 Å². The normalized spacial score (nSPS) is 19.5. The number of para-hydroxylation sites is 1. The summed E-state index contributed by atoms with van der Waals surface area (Å²) in [5, 5.41) is 3.37. The SMILES string of the molecule is CN(C)C1(CNc2c(N3CCN(c4ccccc4)CC3)c(=O)c2=O)CCCC1. The van der Waals surface area contributed by atoms with Crippen molar-refractivity contribution in [3.63, 3.8) is 0 Å². The Kier molecular flexibility index (Phi) is 5.15. The second-order valence-corrected chi connectivity index (χ2v) is 8.37. The van der Waals surface area contributed by atoms with E-state index in [1.54, 1.807) is 0 Å². The number of anilines is 3. The van der Waals surface area contributed by atoms with Gasteiger partial charge in [0.05, 0.1) is 0 Å². The maximum absolute atomic E-state index is 12.3. The molecule has 1 aliphatic heterocycles. The third-order valence-electron chi connectivity index (χ3n) is 6.68. The number of hydrogen-bond donors (Lipinski definition) is 1. The average molecular weight is 383 g/mol. The van der Waals surface area contributed by atoms with Crippen molar-refractivity contribution < 1.29 is 0 Å². The predicted molar refractivity (Wildman–Crippen MR) is 116 cm³/mol. The van der Waals surface area contributed by atoms with E-state index in [1.165, 1.54) is 18.5 Å². The highest BCUT2D eigenvalue weighted by atomic mass is 16.2. The molecule has 1 N–H and O–H groups in total. The smallest absolute Gasteiger partial charge is 0.253 e. The summed E-state index contributed by atoms with van der Waals surface area (Å²) in [6, 6.07) is 10.3. The highest BCUT2D eigenvalue weighted by Crippen LogP contribution is 2.34. The number of rotatable bonds is 6. The number of benzene rings is 1. The lowest BCUT2D eigenvalue weighted by molar-refractivity contribution is 0.172.